The van der Waals surface area contributed by atoms with E-state index in [0.717, 1.165) is 19.4 Å². The maximum atomic E-state index is 12.4. The molecule has 0 N–H and O–H groups in total. The van der Waals surface area contributed by atoms with Crippen LogP contribution in [0.2, 0.25) is 0 Å². The first-order valence-corrected chi connectivity index (χ1v) is 8.28. The van der Waals surface area contributed by atoms with Crippen LogP contribution in [0.25, 0.3) is 11.4 Å². The van der Waals surface area contributed by atoms with Crippen LogP contribution in [0.3, 0.4) is 0 Å². The first-order valence-electron chi connectivity index (χ1n) is 8.28. The Morgan fingerprint density at radius 2 is 2.12 bits per heavy atom. The summed E-state index contributed by atoms with van der Waals surface area (Å²) in [6.45, 7) is 1.33. The van der Waals surface area contributed by atoms with Crippen LogP contribution in [0.1, 0.15) is 12.8 Å². The predicted octanol–water partition coefficient (Wildman–Crippen LogP) is 0.542. The molecule has 2 aromatic rings. The van der Waals surface area contributed by atoms with Gasteiger partial charge in [0.25, 0.3) is 5.56 Å². The summed E-state index contributed by atoms with van der Waals surface area (Å²) in [6.07, 6.45) is 4.79. The minimum absolute atomic E-state index is 0.0802. The number of rotatable bonds is 3. The van der Waals surface area contributed by atoms with Crippen molar-refractivity contribution in [2.24, 2.45) is 13.0 Å². The van der Waals surface area contributed by atoms with E-state index in [2.05, 4.69) is 15.0 Å². The summed E-state index contributed by atoms with van der Waals surface area (Å²) >= 11 is 0. The van der Waals surface area contributed by atoms with E-state index in [-0.39, 0.29) is 17.4 Å². The van der Waals surface area contributed by atoms with E-state index in [1.54, 1.807) is 38.3 Å². The second kappa shape index (κ2) is 7.00. The van der Waals surface area contributed by atoms with Crippen LogP contribution in [-0.4, -0.2) is 57.5 Å². The highest BCUT2D eigenvalue weighted by atomic mass is 16.2. The Balaban J connectivity index is 1.95. The van der Waals surface area contributed by atoms with Gasteiger partial charge in [0.15, 0.2) is 0 Å². The minimum Gasteiger partial charge on any atom is -0.349 e. The van der Waals surface area contributed by atoms with E-state index in [1.165, 1.54) is 17.0 Å². The summed E-state index contributed by atoms with van der Waals surface area (Å²) < 4.78 is 1.52. The van der Waals surface area contributed by atoms with Crippen molar-refractivity contribution in [1.29, 1.82) is 0 Å². The van der Waals surface area contributed by atoms with Gasteiger partial charge in [0, 0.05) is 46.5 Å². The Kier molecular flexibility index (Phi) is 4.78. The Bertz CT molecular complexity index is 818. The van der Waals surface area contributed by atoms with Crippen LogP contribution in [0, 0.1) is 5.92 Å². The lowest BCUT2D eigenvalue weighted by molar-refractivity contribution is -0.133. The van der Waals surface area contributed by atoms with Gasteiger partial charge in [-0.05, 0) is 18.9 Å². The third-order valence-corrected chi connectivity index (χ3v) is 4.45. The number of carbonyl (C=O) groups excluding carboxylic acids is 1. The van der Waals surface area contributed by atoms with Gasteiger partial charge in [0.05, 0.1) is 17.3 Å². The van der Waals surface area contributed by atoms with E-state index < -0.39 is 0 Å². The highest BCUT2D eigenvalue weighted by Crippen LogP contribution is 2.23. The number of anilines is 1. The average molecular weight is 342 g/mol. The van der Waals surface area contributed by atoms with Crippen LogP contribution in [-0.2, 0) is 11.8 Å². The molecular weight excluding hydrogens is 320 g/mol. The lowest BCUT2D eigenvalue weighted by atomic mass is 9.97. The zero-order valence-electron chi connectivity index (χ0n) is 14.7. The van der Waals surface area contributed by atoms with Crippen molar-refractivity contribution in [3.63, 3.8) is 0 Å². The Hall–Kier alpha value is -2.77. The number of piperidine rings is 1. The third-order valence-electron chi connectivity index (χ3n) is 4.45. The lowest BCUT2D eigenvalue weighted by Gasteiger charge is -2.34. The molecule has 8 nitrogen and oxygen atoms in total. The molecule has 0 radical (unpaired) electrons. The zero-order valence-corrected chi connectivity index (χ0v) is 14.7. The highest BCUT2D eigenvalue weighted by molar-refractivity contribution is 5.79. The smallest absolute Gasteiger partial charge is 0.255 e. The summed E-state index contributed by atoms with van der Waals surface area (Å²) in [5, 5.41) is 0. The standard InChI is InChI=1S/C17H22N6O2/c1-21(2)16(25)12-5-4-8-23(10-12)17-20-14(9-15(24)22(17)3)13-6-7-18-11-19-13/h6-7,9,11-12H,4-5,8,10H2,1-3H3. The maximum Gasteiger partial charge on any atom is 0.255 e. The normalized spacial score (nSPS) is 17.4. The molecule has 3 heterocycles. The molecule has 25 heavy (non-hydrogen) atoms. The molecule has 1 aliphatic heterocycles. The number of carbonyl (C=O) groups is 1. The van der Waals surface area contributed by atoms with Crippen LogP contribution in [0.4, 0.5) is 5.95 Å². The first-order chi connectivity index (χ1) is 12.0. The molecule has 0 bridgehead atoms. The molecule has 1 unspecified atom stereocenters. The second-order valence-electron chi connectivity index (χ2n) is 6.45. The van der Waals surface area contributed by atoms with Crippen molar-refractivity contribution in [2.75, 3.05) is 32.1 Å². The van der Waals surface area contributed by atoms with Gasteiger partial charge in [-0.15, -0.1) is 0 Å². The van der Waals surface area contributed by atoms with Gasteiger partial charge in [0.1, 0.15) is 6.33 Å². The summed E-state index contributed by atoms with van der Waals surface area (Å²) in [7, 11) is 5.24. The number of hydrogen-bond acceptors (Lipinski definition) is 6. The van der Waals surface area contributed by atoms with Crippen LogP contribution >= 0.6 is 0 Å². The molecule has 1 fully saturated rings. The summed E-state index contributed by atoms with van der Waals surface area (Å²) in [5.41, 5.74) is 0.966. The van der Waals surface area contributed by atoms with Crippen LogP contribution in [0.5, 0.6) is 0 Å². The quantitative estimate of drug-likeness (QED) is 0.810. The lowest BCUT2D eigenvalue weighted by Crippen LogP contribution is -2.44. The van der Waals surface area contributed by atoms with Crippen molar-refractivity contribution in [3.8, 4) is 11.4 Å². The third kappa shape index (κ3) is 3.52. The van der Waals surface area contributed by atoms with E-state index in [1.807, 2.05) is 4.90 Å². The monoisotopic (exact) mass is 342 g/mol. The SMILES string of the molecule is CN(C)C(=O)C1CCCN(c2nc(-c3ccncn3)cc(=O)n2C)C1. The predicted molar refractivity (Wildman–Crippen MR) is 94.1 cm³/mol. The molecule has 1 amide bonds. The fourth-order valence-electron chi connectivity index (χ4n) is 3.11. The number of hydrogen-bond donors (Lipinski definition) is 0. The molecular formula is C17H22N6O2. The topological polar surface area (TPSA) is 84.2 Å². The molecule has 2 aromatic heterocycles. The molecule has 1 saturated heterocycles. The number of amides is 1. The van der Waals surface area contributed by atoms with E-state index in [4.69, 9.17) is 0 Å². The summed E-state index contributed by atoms with van der Waals surface area (Å²) in [6, 6.07) is 3.19. The van der Waals surface area contributed by atoms with Crippen LogP contribution in [0.15, 0.2) is 29.5 Å². The Labute approximate surface area is 146 Å². The Morgan fingerprint density at radius 1 is 1.32 bits per heavy atom. The molecule has 0 saturated carbocycles. The largest absolute Gasteiger partial charge is 0.349 e. The van der Waals surface area contributed by atoms with Crippen molar-refractivity contribution in [1.82, 2.24) is 24.4 Å². The van der Waals surface area contributed by atoms with Gasteiger partial charge < -0.3 is 9.80 Å². The van der Waals surface area contributed by atoms with Gasteiger partial charge >= 0.3 is 0 Å². The number of nitrogens with zero attached hydrogens (tertiary/aromatic N) is 6. The molecule has 0 aromatic carbocycles. The summed E-state index contributed by atoms with van der Waals surface area (Å²) in [5.74, 6) is 0.599. The fraction of sp³-hybridized carbons (Fsp3) is 0.471. The zero-order chi connectivity index (χ0) is 18.0. The van der Waals surface area contributed by atoms with Gasteiger partial charge in [-0.25, -0.2) is 15.0 Å². The van der Waals surface area contributed by atoms with Gasteiger partial charge in [0.2, 0.25) is 11.9 Å². The van der Waals surface area contributed by atoms with Crippen molar-refractivity contribution >= 4 is 11.9 Å². The van der Waals surface area contributed by atoms with Crippen LogP contribution < -0.4 is 10.5 Å². The molecule has 8 heteroatoms. The molecule has 0 aliphatic carbocycles. The molecule has 0 spiro atoms. The van der Waals surface area contributed by atoms with E-state index in [9.17, 15) is 9.59 Å². The second-order valence-corrected chi connectivity index (χ2v) is 6.45. The summed E-state index contributed by atoms with van der Waals surface area (Å²) in [4.78, 5) is 41.0. The van der Waals surface area contributed by atoms with Crippen molar-refractivity contribution < 1.29 is 4.79 Å². The maximum absolute atomic E-state index is 12.4. The van der Waals surface area contributed by atoms with Gasteiger partial charge in [-0.1, -0.05) is 0 Å². The first kappa shape index (κ1) is 17.1. The van der Waals surface area contributed by atoms with Gasteiger partial charge in [-0.3, -0.25) is 14.2 Å². The van der Waals surface area contributed by atoms with Crippen molar-refractivity contribution in [2.45, 2.75) is 12.8 Å². The molecule has 1 aliphatic rings. The minimum atomic E-state index is -0.153. The molecule has 3 rings (SSSR count). The van der Waals surface area contributed by atoms with E-state index in [0.29, 0.717) is 23.9 Å². The fourth-order valence-corrected chi connectivity index (χ4v) is 3.11. The van der Waals surface area contributed by atoms with E-state index >= 15 is 0 Å². The number of aromatic nitrogens is 4. The average Bonchev–Trinajstić information content (AvgIpc) is 2.64. The molecule has 1 atom stereocenters. The highest BCUT2D eigenvalue weighted by Gasteiger charge is 2.29. The van der Waals surface area contributed by atoms with Gasteiger partial charge in [-0.2, -0.15) is 0 Å². The Morgan fingerprint density at radius 3 is 2.80 bits per heavy atom. The van der Waals surface area contributed by atoms with Crippen molar-refractivity contribution in [3.05, 3.63) is 35.0 Å². The molecule has 132 valence electrons.